The second-order valence-electron chi connectivity index (χ2n) is 4.46. The van der Waals surface area contributed by atoms with Gasteiger partial charge in [-0.05, 0) is 24.3 Å². The zero-order valence-electron chi connectivity index (χ0n) is 11.7. The Balaban J connectivity index is 1.56. The van der Waals surface area contributed by atoms with Crippen LogP contribution in [0, 0.1) is 0 Å². The van der Waals surface area contributed by atoms with Crippen LogP contribution >= 0.6 is 11.8 Å². The first kappa shape index (κ1) is 14.4. The van der Waals surface area contributed by atoms with Gasteiger partial charge in [0.15, 0.2) is 5.16 Å². The fourth-order valence-electron chi connectivity index (χ4n) is 1.87. The SMILES string of the molecule is O=C(CSc1nncn1-c1ccccc1)NCc1ccco1. The molecular weight excluding hydrogens is 300 g/mol. The maximum absolute atomic E-state index is 11.9. The summed E-state index contributed by atoms with van der Waals surface area (Å²) < 4.78 is 7.01. The lowest BCUT2D eigenvalue weighted by molar-refractivity contribution is -0.118. The highest BCUT2D eigenvalue weighted by molar-refractivity contribution is 7.99. The number of carbonyl (C=O) groups excluding carboxylic acids is 1. The van der Waals surface area contributed by atoms with E-state index < -0.39 is 0 Å². The summed E-state index contributed by atoms with van der Waals surface area (Å²) in [5, 5.41) is 11.4. The molecule has 0 aliphatic rings. The van der Waals surface area contributed by atoms with Crippen molar-refractivity contribution in [2.75, 3.05) is 5.75 Å². The number of para-hydroxylation sites is 1. The number of thioether (sulfide) groups is 1. The van der Waals surface area contributed by atoms with Crippen LogP contribution in [-0.4, -0.2) is 26.4 Å². The van der Waals surface area contributed by atoms with Gasteiger partial charge in [-0.3, -0.25) is 9.36 Å². The Labute approximate surface area is 131 Å². The zero-order valence-corrected chi connectivity index (χ0v) is 12.5. The second-order valence-corrected chi connectivity index (χ2v) is 5.41. The van der Waals surface area contributed by atoms with Crippen LogP contribution in [0.3, 0.4) is 0 Å². The van der Waals surface area contributed by atoms with Crippen molar-refractivity contribution in [3.63, 3.8) is 0 Å². The number of hydrogen-bond donors (Lipinski definition) is 1. The molecule has 112 valence electrons. The van der Waals surface area contributed by atoms with Gasteiger partial charge in [0, 0.05) is 5.69 Å². The van der Waals surface area contributed by atoms with E-state index in [1.165, 1.54) is 11.8 Å². The Morgan fingerprint density at radius 1 is 1.23 bits per heavy atom. The highest BCUT2D eigenvalue weighted by Crippen LogP contribution is 2.18. The van der Waals surface area contributed by atoms with E-state index in [0.29, 0.717) is 11.7 Å². The van der Waals surface area contributed by atoms with Crippen LogP contribution in [0.4, 0.5) is 0 Å². The Morgan fingerprint density at radius 3 is 2.86 bits per heavy atom. The van der Waals surface area contributed by atoms with Crippen LogP contribution in [0.5, 0.6) is 0 Å². The minimum absolute atomic E-state index is 0.0796. The molecule has 0 unspecified atom stereocenters. The fraction of sp³-hybridized carbons (Fsp3) is 0.133. The molecule has 2 aromatic heterocycles. The molecule has 7 heteroatoms. The van der Waals surface area contributed by atoms with Crippen LogP contribution in [0.15, 0.2) is 64.6 Å². The number of aromatic nitrogens is 3. The topological polar surface area (TPSA) is 73.0 Å². The predicted octanol–water partition coefficient (Wildman–Crippen LogP) is 2.27. The number of carbonyl (C=O) groups is 1. The normalized spacial score (nSPS) is 10.5. The maximum Gasteiger partial charge on any atom is 0.230 e. The summed E-state index contributed by atoms with van der Waals surface area (Å²) in [6, 6.07) is 13.4. The molecule has 0 bridgehead atoms. The smallest absolute Gasteiger partial charge is 0.230 e. The summed E-state index contributed by atoms with van der Waals surface area (Å²) in [5.41, 5.74) is 0.964. The van der Waals surface area contributed by atoms with Gasteiger partial charge < -0.3 is 9.73 Å². The van der Waals surface area contributed by atoms with E-state index in [2.05, 4.69) is 15.5 Å². The van der Waals surface area contributed by atoms with Crippen LogP contribution in [-0.2, 0) is 11.3 Å². The number of nitrogens with zero attached hydrogens (tertiary/aromatic N) is 3. The van der Waals surface area contributed by atoms with Gasteiger partial charge >= 0.3 is 0 Å². The third-order valence-corrected chi connectivity index (χ3v) is 3.87. The second kappa shape index (κ2) is 6.95. The van der Waals surface area contributed by atoms with E-state index in [0.717, 1.165) is 11.4 Å². The quantitative estimate of drug-likeness (QED) is 0.707. The highest BCUT2D eigenvalue weighted by atomic mass is 32.2. The molecule has 1 amide bonds. The molecular formula is C15H14N4O2S. The molecule has 3 aromatic rings. The molecule has 0 aliphatic carbocycles. The summed E-state index contributed by atoms with van der Waals surface area (Å²) in [6.07, 6.45) is 3.22. The minimum Gasteiger partial charge on any atom is -0.467 e. The molecule has 0 saturated carbocycles. The number of nitrogens with one attached hydrogen (secondary N) is 1. The van der Waals surface area contributed by atoms with E-state index in [-0.39, 0.29) is 11.7 Å². The summed E-state index contributed by atoms with van der Waals surface area (Å²) in [7, 11) is 0. The number of furan rings is 1. The van der Waals surface area contributed by atoms with E-state index in [4.69, 9.17) is 4.42 Å². The first-order chi connectivity index (χ1) is 10.8. The lowest BCUT2D eigenvalue weighted by Crippen LogP contribution is -2.24. The Morgan fingerprint density at radius 2 is 2.09 bits per heavy atom. The van der Waals surface area contributed by atoms with Crippen LogP contribution in [0.1, 0.15) is 5.76 Å². The van der Waals surface area contributed by atoms with Gasteiger partial charge in [0.25, 0.3) is 0 Å². The van der Waals surface area contributed by atoms with Gasteiger partial charge in [0.2, 0.25) is 5.91 Å². The van der Waals surface area contributed by atoms with Crippen LogP contribution < -0.4 is 5.32 Å². The molecule has 0 radical (unpaired) electrons. The molecule has 3 rings (SSSR count). The molecule has 0 spiro atoms. The van der Waals surface area contributed by atoms with Crippen LogP contribution in [0.2, 0.25) is 0 Å². The molecule has 6 nitrogen and oxygen atoms in total. The Kier molecular flexibility index (Phi) is 4.55. The molecule has 1 N–H and O–H groups in total. The Bertz CT molecular complexity index is 725. The van der Waals surface area contributed by atoms with Crippen molar-refractivity contribution in [3.05, 3.63) is 60.8 Å². The number of hydrogen-bond acceptors (Lipinski definition) is 5. The molecule has 2 heterocycles. The predicted molar refractivity (Wildman–Crippen MR) is 82.6 cm³/mol. The van der Waals surface area contributed by atoms with E-state index in [1.54, 1.807) is 18.7 Å². The molecule has 0 saturated heterocycles. The molecule has 1 aromatic carbocycles. The standard InChI is InChI=1S/C15H14N4O2S/c20-14(16-9-13-7-4-8-21-13)10-22-15-18-17-11-19(15)12-5-2-1-3-6-12/h1-8,11H,9-10H2,(H,16,20). The molecule has 0 atom stereocenters. The highest BCUT2D eigenvalue weighted by Gasteiger charge is 2.10. The third kappa shape index (κ3) is 3.56. The van der Waals surface area contributed by atoms with Crippen molar-refractivity contribution >= 4 is 17.7 Å². The maximum atomic E-state index is 11.9. The van der Waals surface area contributed by atoms with Crippen molar-refractivity contribution in [1.29, 1.82) is 0 Å². The van der Waals surface area contributed by atoms with Crippen LogP contribution in [0.25, 0.3) is 5.69 Å². The first-order valence-electron chi connectivity index (χ1n) is 6.70. The van der Waals surface area contributed by atoms with Gasteiger partial charge in [-0.15, -0.1) is 10.2 Å². The van der Waals surface area contributed by atoms with Crippen molar-refractivity contribution < 1.29 is 9.21 Å². The minimum atomic E-state index is -0.0796. The van der Waals surface area contributed by atoms with Gasteiger partial charge in [0.05, 0.1) is 18.6 Å². The van der Waals surface area contributed by atoms with Gasteiger partial charge in [-0.25, -0.2) is 0 Å². The summed E-state index contributed by atoms with van der Waals surface area (Å²) >= 11 is 1.34. The van der Waals surface area contributed by atoms with E-state index >= 15 is 0 Å². The summed E-state index contributed by atoms with van der Waals surface area (Å²) in [5.74, 6) is 0.918. The Hall–Kier alpha value is -2.54. The fourth-order valence-corrected chi connectivity index (χ4v) is 2.63. The van der Waals surface area contributed by atoms with Gasteiger partial charge in [0.1, 0.15) is 12.1 Å². The average molecular weight is 314 g/mol. The first-order valence-corrected chi connectivity index (χ1v) is 7.69. The monoisotopic (exact) mass is 314 g/mol. The van der Waals surface area contributed by atoms with E-state index in [9.17, 15) is 4.79 Å². The van der Waals surface area contributed by atoms with Crippen molar-refractivity contribution in [2.45, 2.75) is 11.7 Å². The van der Waals surface area contributed by atoms with Gasteiger partial charge in [-0.2, -0.15) is 0 Å². The van der Waals surface area contributed by atoms with Gasteiger partial charge in [-0.1, -0.05) is 30.0 Å². The lowest BCUT2D eigenvalue weighted by atomic mass is 10.3. The average Bonchev–Trinajstić information content (AvgIpc) is 3.23. The third-order valence-electron chi connectivity index (χ3n) is 2.92. The number of rotatable bonds is 6. The van der Waals surface area contributed by atoms with E-state index in [1.807, 2.05) is 41.0 Å². The van der Waals surface area contributed by atoms with Crippen molar-refractivity contribution in [2.24, 2.45) is 0 Å². The number of amides is 1. The van der Waals surface area contributed by atoms with Crippen molar-refractivity contribution in [3.8, 4) is 5.69 Å². The summed E-state index contributed by atoms with van der Waals surface area (Å²) in [6.45, 7) is 0.387. The molecule has 0 fully saturated rings. The lowest BCUT2D eigenvalue weighted by Gasteiger charge is -2.06. The molecule has 22 heavy (non-hydrogen) atoms. The molecule has 0 aliphatic heterocycles. The largest absolute Gasteiger partial charge is 0.467 e. The number of benzene rings is 1. The zero-order chi connectivity index (χ0) is 15.2. The van der Waals surface area contributed by atoms with Crippen molar-refractivity contribution in [1.82, 2.24) is 20.1 Å². The summed E-state index contributed by atoms with van der Waals surface area (Å²) in [4.78, 5) is 11.9.